The van der Waals surface area contributed by atoms with Crippen molar-refractivity contribution in [1.29, 1.82) is 5.26 Å². The lowest BCUT2D eigenvalue weighted by Gasteiger charge is -2.40. The predicted molar refractivity (Wildman–Crippen MR) is 204 cm³/mol. The summed E-state index contributed by atoms with van der Waals surface area (Å²) in [5.74, 6) is 0.0260. The van der Waals surface area contributed by atoms with E-state index in [1.165, 1.54) is 6.20 Å². The minimum atomic E-state index is -2.59. The first-order valence-corrected chi connectivity index (χ1v) is 20.2. The molecule has 6 atom stereocenters. The number of carbonyl (C=O) groups excluding carboxylic acids is 1. The zero-order chi connectivity index (χ0) is 37.2. The third-order valence-electron chi connectivity index (χ3n) is 12.5. The molecule has 6 unspecified atom stereocenters. The lowest BCUT2D eigenvalue weighted by Crippen LogP contribution is -2.45. The van der Waals surface area contributed by atoms with Crippen LogP contribution >= 0.6 is 34.5 Å². The lowest BCUT2D eigenvalue weighted by molar-refractivity contribution is -0.135. The Hall–Kier alpha value is -3.89. The molecule has 2 saturated carbocycles. The molecule has 1 N–H and O–H groups in total. The Morgan fingerprint density at radius 1 is 1.15 bits per heavy atom. The summed E-state index contributed by atoms with van der Waals surface area (Å²) < 4.78 is 46.9. The fourth-order valence-electron chi connectivity index (χ4n) is 9.99. The van der Waals surface area contributed by atoms with Crippen molar-refractivity contribution in [1.82, 2.24) is 24.8 Å². The summed E-state index contributed by atoms with van der Waals surface area (Å²) >= 11 is 14.1. The van der Waals surface area contributed by atoms with Gasteiger partial charge in [0.15, 0.2) is 10.9 Å². The summed E-state index contributed by atoms with van der Waals surface area (Å²) in [7, 11) is 0. The number of rotatable bonds is 8. The molecule has 4 aliphatic heterocycles. The molecule has 54 heavy (non-hydrogen) atoms. The highest BCUT2D eigenvalue weighted by atomic mass is 35.5. The topological polar surface area (TPSA) is 90.1 Å². The van der Waals surface area contributed by atoms with Crippen LogP contribution in [-0.2, 0) is 11.2 Å². The van der Waals surface area contributed by atoms with E-state index >= 15 is 4.39 Å². The van der Waals surface area contributed by atoms with Crippen LogP contribution in [0.25, 0.3) is 32.9 Å². The van der Waals surface area contributed by atoms with Crippen LogP contribution in [-0.4, -0.2) is 57.1 Å². The van der Waals surface area contributed by atoms with E-state index < -0.39 is 12.2 Å². The van der Waals surface area contributed by atoms with Crippen molar-refractivity contribution in [3.8, 4) is 17.2 Å². The average Bonchev–Trinajstić information content (AvgIpc) is 3.55. The summed E-state index contributed by atoms with van der Waals surface area (Å²) in [6.45, 7) is 3.90. The fourth-order valence-corrected chi connectivity index (χ4v) is 11.2. The molecule has 6 fully saturated rings. The third kappa shape index (κ3) is 5.21. The Morgan fingerprint density at radius 3 is 2.69 bits per heavy atom. The molecule has 6 aliphatic rings. The number of benzene rings is 2. The molecule has 3 aromatic heterocycles. The Morgan fingerprint density at radius 2 is 1.98 bits per heavy atom. The summed E-state index contributed by atoms with van der Waals surface area (Å²) in [4.78, 5) is 27.8. The van der Waals surface area contributed by atoms with Gasteiger partial charge in [0.1, 0.15) is 5.52 Å². The van der Waals surface area contributed by atoms with Gasteiger partial charge < -0.3 is 19.7 Å². The number of piperidine rings is 1. The molecule has 0 radical (unpaired) electrons. The van der Waals surface area contributed by atoms with Crippen LogP contribution < -0.4 is 10.2 Å². The van der Waals surface area contributed by atoms with Crippen LogP contribution in [0.1, 0.15) is 72.4 Å². The van der Waals surface area contributed by atoms with Gasteiger partial charge >= 0.3 is 0 Å². The van der Waals surface area contributed by atoms with E-state index in [2.05, 4.69) is 36.8 Å². The maximum absolute atomic E-state index is 17.3. The van der Waals surface area contributed by atoms with Crippen LogP contribution in [0, 0.1) is 41.8 Å². The van der Waals surface area contributed by atoms with Crippen molar-refractivity contribution in [2.45, 2.75) is 76.0 Å². The highest BCUT2D eigenvalue weighted by molar-refractivity contribution is 7.15. The average molecular weight is 791 g/mol. The van der Waals surface area contributed by atoms with Crippen molar-refractivity contribution >= 4 is 67.4 Å². The number of pyridine rings is 1. The summed E-state index contributed by atoms with van der Waals surface area (Å²) in [5.41, 5.74) is 4.19. The van der Waals surface area contributed by atoms with Gasteiger partial charge in [-0.05, 0) is 68.7 Å². The standard InChI is InChI=1S/C40H36Cl2F3N7OS/c1-18-25-13-29(36-22-10-23(51(36)39(53)19-7-8-19)17-50(16-22)40-48-15-30(54-40)38(44)45)52(35-21-12-28(35)47-14-21)37(25)26-11-20(4-3-9-46)31(33(43)34(26)49-18)24-5-2-6-27(41)32(24)42/h2,5-6,11,13,15,19,21-23,28,35-36,38,47H,3-4,7-8,10,12,14,16-17H2,1H3. The van der Waals surface area contributed by atoms with Gasteiger partial charge in [-0.15, -0.1) is 0 Å². The molecule has 11 rings (SSSR count). The highest BCUT2D eigenvalue weighted by Gasteiger charge is 2.55. The molecule has 0 spiro atoms. The lowest BCUT2D eigenvalue weighted by atomic mass is 9.79. The minimum absolute atomic E-state index is 0.0114. The van der Waals surface area contributed by atoms with Crippen molar-refractivity contribution in [2.24, 2.45) is 17.8 Å². The van der Waals surface area contributed by atoms with Gasteiger partial charge in [0.05, 0.1) is 44.6 Å². The van der Waals surface area contributed by atoms with E-state index in [1.54, 1.807) is 18.2 Å². The van der Waals surface area contributed by atoms with E-state index in [0.29, 0.717) is 63.4 Å². The van der Waals surface area contributed by atoms with E-state index in [9.17, 15) is 18.8 Å². The molecule has 4 bridgehead atoms. The van der Waals surface area contributed by atoms with Gasteiger partial charge in [0, 0.05) is 83.4 Å². The number of amides is 1. The quantitative estimate of drug-likeness (QED) is 0.169. The monoisotopic (exact) mass is 789 g/mol. The van der Waals surface area contributed by atoms with Gasteiger partial charge in [0.2, 0.25) is 5.91 Å². The van der Waals surface area contributed by atoms with Gasteiger partial charge in [-0.25, -0.2) is 23.1 Å². The number of aryl methyl sites for hydroxylation is 2. The fraction of sp³-hybridized carbons (Fsp3) is 0.450. The van der Waals surface area contributed by atoms with E-state index in [-0.39, 0.29) is 63.7 Å². The number of nitrogens with zero attached hydrogens (tertiary/aromatic N) is 6. The largest absolute Gasteiger partial charge is 0.346 e. The number of aromatic nitrogens is 3. The van der Waals surface area contributed by atoms with Crippen molar-refractivity contribution in [3.05, 3.63) is 74.2 Å². The molecule has 8 nitrogen and oxygen atoms in total. The first-order valence-electron chi connectivity index (χ1n) is 18.6. The van der Waals surface area contributed by atoms with E-state index in [0.717, 1.165) is 60.2 Å². The normalized spacial score (nSPS) is 26.0. The number of anilines is 1. The second-order valence-electron chi connectivity index (χ2n) is 15.6. The van der Waals surface area contributed by atoms with Crippen LogP contribution in [0.5, 0.6) is 0 Å². The Kier molecular flexibility index (Phi) is 8.22. The zero-order valence-corrected chi connectivity index (χ0v) is 31.7. The van der Waals surface area contributed by atoms with Crippen molar-refractivity contribution in [3.63, 3.8) is 0 Å². The molecular formula is C40H36Cl2F3N7OS. The number of alkyl halides is 2. The highest BCUT2D eigenvalue weighted by Crippen LogP contribution is 2.54. The second-order valence-corrected chi connectivity index (χ2v) is 17.5. The third-order valence-corrected chi connectivity index (χ3v) is 14.4. The van der Waals surface area contributed by atoms with Gasteiger partial charge in [-0.2, -0.15) is 5.26 Å². The maximum atomic E-state index is 17.3. The second kappa shape index (κ2) is 12.8. The summed E-state index contributed by atoms with van der Waals surface area (Å²) in [6.07, 6.45) is 2.73. The SMILES string of the molecule is Cc1nc2c(F)c(-c3cccc(Cl)c3Cl)c(CCC#N)cc2c2c1cc(C1C3CC(CN(c4ncc(C(F)F)s4)C3)N1C(=O)C1CC1)n2C1C2CNC1C2. The zero-order valence-electron chi connectivity index (χ0n) is 29.3. The number of hydrogen-bond acceptors (Lipinski definition) is 7. The molecule has 278 valence electrons. The predicted octanol–water partition coefficient (Wildman–Crippen LogP) is 9.18. The number of hydrogen-bond donors (Lipinski definition) is 1. The summed E-state index contributed by atoms with van der Waals surface area (Å²) in [5, 5.41) is 16.0. The van der Waals surface area contributed by atoms with Crippen molar-refractivity contribution in [2.75, 3.05) is 24.5 Å². The van der Waals surface area contributed by atoms with Crippen LogP contribution in [0.2, 0.25) is 10.0 Å². The van der Waals surface area contributed by atoms with Gasteiger partial charge in [-0.1, -0.05) is 46.7 Å². The number of nitriles is 1. The van der Waals surface area contributed by atoms with Gasteiger partial charge in [-0.3, -0.25) is 4.79 Å². The number of halogens is 5. The van der Waals surface area contributed by atoms with Crippen LogP contribution in [0.4, 0.5) is 18.3 Å². The van der Waals surface area contributed by atoms with E-state index in [1.807, 2.05) is 13.0 Å². The Labute approximate surface area is 323 Å². The maximum Gasteiger partial charge on any atom is 0.274 e. The van der Waals surface area contributed by atoms with E-state index in [4.69, 9.17) is 28.2 Å². The molecule has 2 aliphatic carbocycles. The first kappa shape index (κ1) is 34.6. The number of thiazole rings is 1. The minimum Gasteiger partial charge on any atom is -0.346 e. The first-order chi connectivity index (χ1) is 26.1. The summed E-state index contributed by atoms with van der Waals surface area (Å²) in [6, 6.07) is 11.5. The molecular weight excluding hydrogens is 754 g/mol. The molecule has 7 heterocycles. The van der Waals surface area contributed by atoms with Crippen LogP contribution in [0.3, 0.4) is 0 Å². The Bertz CT molecular complexity index is 2410. The number of fused-ring (bicyclic) bond motifs is 6. The van der Waals surface area contributed by atoms with Gasteiger partial charge in [0.25, 0.3) is 6.43 Å². The Balaban J connectivity index is 1.20. The molecule has 2 aromatic carbocycles. The number of nitrogens with one attached hydrogen (secondary N) is 1. The smallest absolute Gasteiger partial charge is 0.274 e. The van der Waals surface area contributed by atoms with Crippen LogP contribution in [0.15, 0.2) is 36.5 Å². The van der Waals surface area contributed by atoms with Crippen molar-refractivity contribution < 1.29 is 18.0 Å². The molecule has 14 heteroatoms. The number of carbonyl (C=O) groups is 1. The molecule has 5 aromatic rings. The molecule has 4 saturated heterocycles. The number of likely N-dealkylation sites (tertiary alicyclic amines) is 1. The molecule has 1 amide bonds.